The first-order valence-corrected chi connectivity index (χ1v) is 8.08. The number of fused-ring (bicyclic) bond motifs is 1. The fraction of sp³-hybridized carbons (Fsp3) is 0.235. The van der Waals surface area contributed by atoms with Gasteiger partial charge in [-0.2, -0.15) is 0 Å². The molecule has 4 nitrogen and oxygen atoms in total. The van der Waals surface area contributed by atoms with Crippen molar-refractivity contribution in [1.82, 2.24) is 5.32 Å². The van der Waals surface area contributed by atoms with E-state index in [0.29, 0.717) is 5.75 Å². The van der Waals surface area contributed by atoms with Gasteiger partial charge in [0.15, 0.2) is 11.5 Å². The third-order valence-corrected chi connectivity index (χ3v) is 4.40. The molecule has 0 saturated heterocycles. The lowest BCUT2D eigenvalue weighted by atomic mass is 10.1. The first kappa shape index (κ1) is 14.8. The van der Waals surface area contributed by atoms with Crippen LogP contribution in [0.3, 0.4) is 0 Å². The van der Waals surface area contributed by atoms with Crippen molar-refractivity contribution in [2.45, 2.75) is 17.9 Å². The third-order valence-electron chi connectivity index (χ3n) is 3.39. The number of hydrogen-bond acceptors (Lipinski definition) is 4. The number of ether oxygens (including phenoxy) is 2. The van der Waals surface area contributed by atoms with E-state index in [0.717, 1.165) is 22.0 Å². The van der Waals surface area contributed by atoms with E-state index in [4.69, 9.17) is 9.47 Å². The van der Waals surface area contributed by atoms with Crippen LogP contribution in [0.2, 0.25) is 0 Å². The number of amides is 1. The zero-order chi connectivity index (χ0) is 15.4. The maximum absolute atomic E-state index is 12.0. The van der Waals surface area contributed by atoms with Crippen molar-refractivity contribution in [3.63, 3.8) is 0 Å². The highest BCUT2D eigenvalue weighted by atomic mass is 32.2. The molecular formula is C17H17NO3S. The molecule has 0 spiro atoms. The van der Waals surface area contributed by atoms with Crippen LogP contribution in [-0.4, -0.2) is 18.5 Å². The van der Waals surface area contributed by atoms with Gasteiger partial charge in [0.25, 0.3) is 0 Å². The molecule has 1 atom stereocenters. The highest BCUT2D eigenvalue weighted by molar-refractivity contribution is 8.00. The fourth-order valence-corrected chi connectivity index (χ4v) is 2.95. The Bertz CT molecular complexity index is 660. The van der Waals surface area contributed by atoms with Gasteiger partial charge >= 0.3 is 0 Å². The van der Waals surface area contributed by atoms with Gasteiger partial charge < -0.3 is 14.8 Å². The monoisotopic (exact) mass is 315 g/mol. The van der Waals surface area contributed by atoms with Gasteiger partial charge in [0.05, 0.1) is 11.8 Å². The molecule has 5 heteroatoms. The van der Waals surface area contributed by atoms with Crippen molar-refractivity contribution in [1.29, 1.82) is 0 Å². The summed E-state index contributed by atoms with van der Waals surface area (Å²) in [5.74, 6) is 1.90. The normalized spacial score (nSPS) is 13.7. The van der Waals surface area contributed by atoms with Gasteiger partial charge in [-0.25, -0.2) is 0 Å². The Morgan fingerprint density at radius 1 is 1.18 bits per heavy atom. The molecule has 0 aromatic heterocycles. The molecule has 22 heavy (non-hydrogen) atoms. The standard InChI is InChI=1S/C17H17NO3S/c1-12(13-7-8-15-16(9-13)21-11-20-15)18-17(19)10-22-14-5-3-2-4-6-14/h2-9,12H,10-11H2,1H3,(H,18,19). The molecule has 1 unspecified atom stereocenters. The van der Waals surface area contributed by atoms with Crippen LogP contribution in [0.1, 0.15) is 18.5 Å². The molecule has 1 heterocycles. The largest absolute Gasteiger partial charge is 0.454 e. The van der Waals surface area contributed by atoms with Crippen LogP contribution in [0.25, 0.3) is 0 Å². The average molecular weight is 315 g/mol. The summed E-state index contributed by atoms with van der Waals surface area (Å²) in [5.41, 5.74) is 1.00. The molecule has 3 rings (SSSR count). The summed E-state index contributed by atoms with van der Waals surface area (Å²) in [4.78, 5) is 13.1. The first-order chi connectivity index (χ1) is 10.7. The van der Waals surface area contributed by atoms with E-state index in [9.17, 15) is 4.79 Å². The molecule has 114 valence electrons. The smallest absolute Gasteiger partial charge is 0.231 e. The summed E-state index contributed by atoms with van der Waals surface area (Å²) < 4.78 is 10.6. The van der Waals surface area contributed by atoms with Crippen molar-refractivity contribution in [2.24, 2.45) is 0 Å². The van der Waals surface area contributed by atoms with E-state index < -0.39 is 0 Å². The van der Waals surface area contributed by atoms with Gasteiger partial charge in [0.2, 0.25) is 12.7 Å². The molecule has 1 N–H and O–H groups in total. The number of carbonyl (C=O) groups excluding carboxylic acids is 1. The molecule has 0 fully saturated rings. The summed E-state index contributed by atoms with van der Waals surface area (Å²) in [6.45, 7) is 2.22. The minimum absolute atomic E-state index is 0.0130. The quantitative estimate of drug-likeness (QED) is 0.859. The topological polar surface area (TPSA) is 47.6 Å². The molecule has 0 saturated carbocycles. The minimum Gasteiger partial charge on any atom is -0.454 e. The minimum atomic E-state index is -0.0710. The predicted molar refractivity (Wildman–Crippen MR) is 86.3 cm³/mol. The van der Waals surface area contributed by atoms with Crippen molar-refractivity contribution in [3.8, 4) is 11.5 Å². The number of hydrogen-bond donors (Lipinski definition) is 1. The number of thioether (sulfide) groups is 1. The van der Waals surface area contributed by atoms with Gasteiger partial charge in [-0.1, -0.05) is 24.3 Å². The van der Waals surface area contributed by atoms with Gasteiger partial charge in [-0.05, 0) is 36.8 Å². The van der Waals surface area contributed by atoms with Crippen LogP contribution in [-0.2, 0) is 4.79 Å². The Morgan fingerprint density at radius 3 is 2.77 bits per heavy atom. The number of nitrogens with one attached hydrogen (secondary N) is 1. The van der Waals surface area contributed by atoms with Crippen LogP contribution >= 0.6 is 11.8 Å². The van der Waals surface area contributed by atoms with E-state index in [2.05, 4.69) is 5.32 Å². The highest BCUT2D eigenvalue weighted by Crippen LogP contribution is 2.34. The zero-order valence-electron chi connectivity index (χ0n) is 12.2. The summed E-state index contributed by atoms with van der Waals surface area (Å²) in [5, 5.41) is 3.00. The Morgan fingerprint density at radius 2 is 1.95 bits per heavy atom. The third kappa shape index (κ3) is 3.54. The van der Waals surface area contributed by atoms with Crippen LogP contribution < -0.4 is 14.8 Å². The van der Waals surface area contributed by atoms with Crippen molar-refractivity contribution < 1.29 is 14.3 Å². The molecule has 0 bridgehead atoms. The molecule has 0 aliphatic carbocycles. The van der Waals surface area contributed by atoms with Crippen LogP contribution in [0.4, 0.5) is 0 Å². The summed E-state index contributed by atoms with van der Waals surface area (Å²) in [6, 6.07) is 15.6. The lowest BCUT2D eigenvalue weighted by molar-refractivity contribution is -0.119. The van der Waals surface area contributed by atoms with Crippen LogP contribution in [0.5, 0.6) is 11.5 Å². The van der Waals surface area contributed by atoms with Crippen molar-refractivity contribution in [2.75, 3.05) is 12.5 Å². The Balaban J connectivity index is 1.55. The molecular weight excluding hydrogens is 298 g/mol. The summed E-state index contributed by atoms with van der Waals surface area (Å²) in [7, 11) is 0. The molecule has 1 aliphatic heterocycles. The predicted octanol–water partition coefficient (Wildman–Crippen LogP) is 3.38. The highest BCUT2D eigenvalue weighted by Gasteiger charge is 2.16. The zero-order valence-corrected chi connectivity index (χ0v) is 13.1. The van der Waals surface area contributed by atoms with E-state index >= 15 is 0 Å². The first-order valence-electron chi connectivity index (χ1n) is 7.09. The number of carbonyl (C=O) groups is 1. The lowest BCUT2D eigenvalue weighted by Gasteiger charge is -2.14. The fourth-order valence-electron chi connectivity index (χ4n) is 2.21. The lowest BCUT2D eigenvalue weighted by Crippen LogP contribution is -2.28. The number of rotatable bonds is 5. The van der Waals surface area contributed by atoms with Gasteiger partial charge in [0.1, 0.15) is 0 Å². The second kappa shape index (κ2) is 6.75. The Kier molecular flexibility index (Phi) is 4.53. The van der Waals surface area contributed by atoms with E-state index in [1.54, 1.807) is 0 Å². The summed E-state index contributed by atoms with van der Waals surface area (Å²) >= 11 is 1.53. The molecule has 2 aromatic carbocycles. The molecule has 0 radical (unpaired) electrons. The SMILES string of the molecule is CC(NC(=O)CSc1ccccc1)c1ccc2c(c1)OCO2. The van der Waals surface area contributed by atoms with Gasteiger partial charge in [0, 0.05) is 4.90 Å². The Hall–Kier alpha value is -2.14. The van der Waals surface area contributed by atoms with Gasteiger partial charge in [-0.15, -0.1) is 11.8 Å². The van der Waals surface area contributed by atoms with Crippen LogP contribution in [0.15, 0.2) is 53.4 Å². The Labute approximate surface area is 133 Å². The van der Waals surface area contributed by atoms with Crippen molar-refractivity contribution in [3.05, 3.63) is 54.1 Å². The van der Waals surface area contributed by atoms with Gasteiger partial charge in [-0.3, -0.25) is 4.79 Å². The molecule has 1 aliphatic rings. The molecule has 2 aromatic rings. The van der Waals surface area contributed by atoms with Crippen LogP contribution in [0, 0.1) is 0 Å². The summed E-state index contributed by atoms with van der Waals surface area (Å²) in [6.07, 6.45) is 0. The van der Waals surface area contributed by atoms with E-state index in [1.165, 1.54) is 11.8 Å². The second-order valence-corrected chi connectivity index (χ2v) is 6.05. The molecule has 1 amide bonds. The van der Waals surface area contributed by atoms with Crippen molar-refractivity contribution >= 4 is 17.7 Å². The van der Waals surface area contributed by atoms with E-state index in [-0.39, 0.29) is 18.7 Å². The maximum Gasteiger partial charge on any atom is 0.231 e. The van der Waals surface area contributed by atoms with E-state index in [1.807, 2.05) is 55.5 Å². The number of benzene rings is 2. The second-order valence-electron chi connectivity index (χ2n) is 5.00. The maximum atomic E-state index is 12.0. The average Bonchev–Trinajstić information content (AvgIpc) is 3.01.